The van der Waals surface area contributed by atoms with E-state index in [1.807, 2.05) is 36.4 Å². The summed E-state index contributed by atoms with van der Waals surface area (Å²) in [6.45, 7) is 4.51. The summed E-state index contributed by atoms with van der Waals surface area (Å²) < 4.78 is 38.2. The Labute approximate surface area is 172 Å². The molecule has 2 aromatic carbocycles. The molecule has 0 atom stereocenters. The van der Waals surface area contributed by atoms with Gasteiger partial charge in [-0.3, -0.25) is 0 Å². The standard InChI is InChI=1S/C22H26N2O4S/c1-16(2)14-17-4-10-21(11-5-17)29(25,26)23-13-12-19-15-28-22(24-19)18-6-8-20(27-3)9-7-18/h4-11,15-16,23H,12-14H2,1-3H3. The summed E-state index contributed by atoms with van der Waals surface area (Å²) in [4.78, 5) is 4.69. The Hall–Kier alpha value is -2.64. The summed E-state index contributed by atoms with van der Waals surface area (Å²) >= 11 is 0. The van der Waals surface area contributed by atoms with Crippen LogP contribution in [0.4, 0.5) is 0 Å². The highest BCUT2D eigenvalue weighted by Gasteiger charge is 2.14. The Morgan fingerprint density at radius 3 is 2.38 bits per heavy atom. The highest BCUT2D eigenvalue weighted by atomic mass is 32.2. The van der Waals surface area contributed by atoms with Gasteiger partial charge in [0.2, 0.25) is 15.9 Å². The number of hydrogen-bond acceptors (Lipinski definition) is 5. The van der Waals surface area contributed by atoms with Crippen LogP contribution < -0.4 is 9.46 Å². The number of methoxy groups -OCH3 is 1. The Bertz CT molecular complexity index is 1020. The Balaban J connectivity index is 1.57. The molecular weight excluding hydrogens is 388 g/mol. The maximum atomic E-state index is 12.5. The lowest BCUT2D eigenvalue weighted by Gasteiger charge is -2.08. The Morgan fingerprint density at radius 2 is 1.76 bits per heavy atom. The second kappa shape index (κ2) is 9.24. The van der Waals surface area contributed by atoms with Crippen molar-refractivity contribution in [2.45, 2.75) is 31.6 Å². The maximum Gasteiger partial charge on any atom is 0.240 e. The topological polar surface area (TPSA) is 81.4 Å². The maximum absolute atomic E-state index is 12.5. The van der Waals surface area contributed by atoms with Crippen LogP contribution in [-0.4, -0.2) is 27.1 Å². The van der Waals surface area contributed by atoms with Crippen LogP contribution in [0.15, 0.2) is 64.1 Å². The zero-order valence-corrected chi connectivity index (χ0v) is 17.7. The van der Waals surface area contributed by atoms with Crippen molar-refractivity contribution in [2.24, 2.45) is 5.92 Å². The van der Waals surface area contributed by atoms with E-state index < -0.39 is 10.0 Å². The molecule has 7 heteroatoms. The Kier molecular flexibility index (Phi) is 6.71. The van der Waals surface area contributed by atoms with Gasteiger partial charge in [-0.05, 0) is 54.3 Å². The van der Waals surface area contributed by atoms with Gasteiger partial charge >= 0.3 is 0 Å². The van der Waals surface area contributed by atoms with E-state index >= 15 is 0 Å². The minimum Gasteiger partial charge on any atom is -0.497 e. The second-order valence-electron chi connectivity index (χ2n) is 7.26. The zero-order chi connectivity index (χ0) is 20.9. The molecule has 154 valence electrons. The predicted octanol–water partition coefficient (Wildman–Crippen LogP) is 4.07. The molecule has 1 heterocycles. The molecule has 0 fully saturated rings. The molecule has 1 N–H and O–H groups in total. The third-order valence-corrected chi connectivity index (χ3v) is 5.92. The van der Waals surface area contributed by atoms with Gasteiger partial charge in [-0.1, -0.05) is 26.0 Å². The number of hydrogen-bond donors (Lipinski definition) is 1. The van der Waals surface area contributed by atoms with Gasteiger partial charge in [-0.15, -0.1) is 0 Å². The van der Waals surface area contributed by atoms with Crippen molar-refractivity contribution in [3.63, 3.8) is 0 Å². The number of nitrogens with one attached hydrogen (secondary N) is 1. The lowest BCUT2D eigenvalue weighted by Crippen LogP contribution is -2.26. The summed E-state index contributed by atoms with van der Waals surface area (Å²) in [5, 5.41) is 0. The average Bonchev–Trinajstić information content (AvgIpc) is 3.17. The SMILES string of the molecule is COc1ccc(-c2nc(CCNS(=O)(=O)c3ccc(CC(C)C)cc3)co2)cc1. The highest BCUT2D eigenvalue weighted by Crippen LogP contribution is 2.22. The van der Waals surface area contributed by atoms with Gasteiger partial charge in [0.1, 0.15) is 12.0 Å². The van der Waals surface area contributed by atoms with E-state index in [2.05, 4.69) is 23.6 Å². The van der Waals surface area contributed by atoms with Crippen molar-refractivity contribution in [1.29, 1.82) is 0 Å². The first-order chi connectivity index (χ1) is 13.9. The molecule has 6 nitrogen and oxygen atoms in total. The molecular formula is C22H26N2O4S. The molecule has 0 spiro atoms. The fourth-order valence-electron chi connectivity index (χ4n) is 2.96. The normalized spacial score (nSPS) is 11.7. The molecule has 0 bridgehead atoms. The van der Waals surface area contributed by atoms with Crippen LogP contribution in [0.1, 0.15) is 25.1 Å². The van der Waals surface area contributed by atoms with Crippen molar-refractivity contribution in [2.75, 3.05) is 13.7 Å². The van der Waals surface area contributed by atoms with Crippen molar-refractivity contribution >= 4 is 10.0 Å². The van der Waals surface area contributed by atoms with E-state index in [4.69, 9.17) is 9.15 Å². The summed E-state index contributed by atoms with van der Waals surface area (Å²) in [6.07, 6.45) is 2.91. The highest BCUT2D eigenvalue weighted by molar-refractivity contribution is 7.89. The summed E-state index contributed by atoms with van der Waals surface area (Å²) in [5.74, 6) is 1.78. The number of benzene rings is 2. The first-order valence-corrected chi connectivity index (χ1v) is 11.0. The zero-order valence-electron chi connectivity index (χ0n) is 16.9. The number of ether oxygens (including phenoxy) is 1. The molecule has 0 aliphatic heterocycles. The van der Waals surface area contributed by atoms with E-state index in [1.54, 1.807) is 25.5 Å². The van der Waals surface area contributed by atoms with Crippen molar-refractivity contribution in [3.05, 3.63) is 66.1 Å². The minimum atomic E-state index is -3.55. The van der Waals surface area contributed by atoms with E-state index in [1.165, 1.54) is 0 Å². The quantitative estimate of drug-likeness (QED) is 0.571. The van der Waals surface area contributed by atoms with Crippen LogP contribution in [0.25, 0.3) is 11.5 Å². The third kappa shape index (κ3) is 5.68. The number of aromatic nitrogens is 1. The summed E-state index contributed by atoms with van der Waals surface area (Å²) in [7, 11) is -1.94. The van der Waals surface area contributed by atoms with E-state index in [0.29, 0.717) is 23.9 Å². The smallest absolute Gasteiger partial charge is 0.240 e. The van der Waals surface area contributed by atoms with Gasteiger partial charge in [0.15, 0.2) is 0 Å². The van der Waals surface area contributed by atoms with Gasteiger partial charge in [0.05, 0.1) is 17.7 Å². The van der Waals surface area contributed by atoms with Gasteiger partial charge in [0.25, 0.3) is 0 Å². The molecule has 0 radical (unpaired) electrons. The number of sulfonamides is 1. The van der Waals surface area contributed by atoms with Crippen molar-refractivity contribution in [1.82, 2.24) is 9.71 Å². The fraction of sp³-hybridized carbons (Fsp3) is 0.318. The molecule has 0 unspecified atom stereocenters. The minimum absolute atomic E-state index is 0.241. The molecule has 3 rings (SSSR count). The van der Waals surface area contributed by atoms with Crippen LogP contribution in [0.3, 0.4) is 0 Å². The van der Waals surface area contributed by atoms with Gasteiger partial charge in [-0.25, -0.2) is 18.1 Å². The first kappa shape index (κ1) is 21.1. The first-order valence-electron chi connectivity index (χ1n) is 9.55. The van der Waals surface area contributed by atoms with E-state index in [0.717, 1.165) is 23.3 Å². The van der Waals surface area contributed by atoms with Crippen molar-refractivity contribution < 1.29 is 17.6 Å². The molecule has 0 aliphatic rings. The lowest BCUT2D eigenvalue weighted by molar-refractivity contribution is 0.415. The van der Waals surface area contributed by atoms with Gasteiger partial charge < -0.3 is 9.15 Å². The molecule has 0 amide bonds. The lowest BCUT2D eigenvalue weighted by atomic mass is 10.0. The Morgan fingerprint density at radius 1 is 1.07 bits per heavy atom. The van der Waals surface area contributed by atoms with Crippen LogP contribution in [-0.2, 0) is 22.9 Å². The van der Waals surface area contributed by atoms with E-state index in [9.17, 15) is 8.42 Å². The van der Waals surface area contributed by atoms with Crippen LogP contribution in [0, 0.1) is 5.92 Å². The molecule has 3 aromatic rings. The van der Waals surface area contributed by atoms with Crippen LogP contribution >= 0.6 is 0 Å². The molecule has 0 saturated carbocycles. The number of oxazole rings is 1. The van der Waals surface area contributed by atoms with Crippen molar-refractivity contribution in [3.8, 4) is 17.2 Å². The number of nitrogens with zero attached hydrogens (tertiary/aromatic N) is 1. The fourth-order valence-corrected chi connectivity index (χ4v) is 3.99. The molecule has 1 aromatic heterocycles. The monoisotopic (exact) mass is 414 g/mol. The summed E-state index contributed by atoms with van der Waals surface area (Å²) in [5.41, 5.74) is 2.65. The average molecular weight is 415 g/mol. The molecule has 0 aliphatic carbocycles. The number of rotatable bonds is 9. The summed E-state index contributed by atoms with van der Waals surface area (Å²) in [6, 6.07) is 14.4. The largest absolute Gasteiger partial charge is 0.497 e. The van der Waals surface area contributed by atoms with Gasteiger partial charge in [0, 0.05) is 18.5 Å². The third-order valence-electron chi connectivity index (χ3n) is 4.44. The second-order valence-corrected chi connectivity index (χ2v) is 9.03. The van der Waals surface area contributed by atoms with Gasteiger partial charge in [-0.2, -0.15) is 0 Å². The van der Waals surface area contributed by atoms with Crippen LogP contribution in [0.5, 0.6) is 5.75 Å². The predicted molar refractivity (Wildman–Crippen MR) is 112 cm³/mol. The molecule has 0 saturated heterocycles. The van der Waals surface area contributed by atoms with E-state index in [-0.39, 0.29) is 11.4 Å². The molecule has 29 heavy (non-hydrogen) atoms. The van der Waals surface area contributed by atoms with Crippen LogP contribution in [0.2, 0.25) is 0 Å².